The molecule has 0 radical (unpaired) electrons. The highest BCUT2D eigenvalue weighted by atomic mass is 16.4. The summed E-state index contributed by atoms with van der Waals surface area (Å²) in [6, 6.07) is 10.4. The minimum absolute atomic E-state index is 0.0958. The maximum absolute atomic E-state index is 13.4. The number of aryl methyl sites for hydroxylation is 1. The van der Waals surface area contributed by atoms with Crippen LogP contribution in [0.4, 0.5) is 0 Å². The molecule has 170 valence electrons. The molecule has 0 aliphatic heterocycles. The van der Waals surface area contributed by atoms with Crippen molar-refractivity contribution >= 4 is 11.8 Å². The van der Waals surface area contributed by atoms with Gasteiger partial charge in [-0.3, -0.25) is 4.79 Å². The Kier molecular flexibility index (Phi) is 5.42. The van der Waals surface area contributed by atoms with Gasteiger partial charge in [0.05, 0.1) is 0 Å². The monoisotopic (exact) mass is 432 g/mol. The van der Waals surface area contributed by atoms with Crippen LogP contribution in [0.3, 0.4) is 0 Å². The van der Waals surface area contributed by atoms with Crippen molar-refractivity contribution in [1.29, 1.82) is 0 Å². The maximum atomic E-state index is 13.4. The van der Waals surface area contributed by atoms with Gasteiger partial charge in [-0.1, -0.05) is 50.3 Å². The van der Waals surface area contributed by atoms with Gasteiger partial charge in [0, 0.05) is 17.9 Å². The zero-order valence-corrected chi connectivity index (χ0v) is 19.5. The van der Waals surface area contributed by atoms with Crippen LogP contribution in [0.25, 0.3) is 0 Å². The van der Waals surface area contributed by atoms with Gasteiger partial charge in [0.2, 0.25) is 0 Å². The van der Waals surface area contributed by atoms with E-state index in [1.807, 2.05) is 12.1 Å². The fourth-order valence-electron chi connectivity index (χ4n) is 8.11. The lowest BCUT2D eigenvalue weighted by Gasteiger charge is -2.57. The van der Waals surface area contributed by atoms with Crippen LogP contribution in [0.1, 0.15) is 70.8 Å². The van der Waals surface area contributed by atoms with Crippen LogP contribution < -0.4 is 0 Å². The lowest BCUT2D eigenvalue weighted by Crippen LogP contribution is -2.50. The van der Waals surface area contributed by atoms with Gasteiger partial charge in [0.1, 0.15) is 5.78 Å². The number of hydrogen-bond acceptors (Lipinski definition) is 2. The van der Waals surface area contributed by atoms with Crippen molar-refractivity contribution in [2.75, 3.05) is 0 Å². The van der Waals surface area contributed by atoms with E-state index in [2.05, 4.69) is 44.2 Å². The Balaban J connectivity index is 1.34. The molecule has 1 aromatic rings. The quantitative estimate of drug-likeness (QED) is 0.587. The third kappa shape index (κ3) is 3.40. The third-order valence-electron chi connectivity index (χ3n) is 9.93. The molecular formula is C29H36O3. The van der Waals surface area contributed by atoms with Gasteiger partial charge in [-0.05, 0) is 97.2 Å². The molecule has 0 spiro atoms. The van der Waals surface area contributed by atoms with Gasteiger partial charge in [0.25, 0.3) is 0 Å². The van der Waals surface area contributed by atoms with Gasteiger partial charge in [0.15, 0.2) is 0 Å². The number of fused-ring (bicyclic) bond motifs is 5. The van der Waals surface area contributed by atoms with E-state index in [4.69, 9.17) is 0 Å². The molecule has 3 heteroatoms. The highest BCUT2D eigenvalue weighted by Crippen LogP contribution is 2.66. The minimum Gasteiger partial charge on any atom is -0.478 e. The highest BCUT2D eigenvalue weighted by Gasteiger charge is 2.59. The molecule has 2 fully saturated rings. The summed E-state index contributed by atoms with van der Waals surface area (Å²) in [6.45, 7) is 4.79. The summed E-state index contributed by atoms with van der Waals surface area (Å²) >= 11 is 0. The third-order valence-corrected chi connectivity index (χ3v) is 9.93. The summed E-state index contributed by atoms with van der Waals surface area (Å²) < 4.78 is 0. The summed E-state index contributed by atoms with van der Waals surface area (Å²) in [4.78, 5) is 24.9. The molecular weight excluding hydrogens is 396 g/mol. The van der Waals surface area contributed by atoms with Crippen molar-refractivity contribution in [3.05, 3.63) is 59.2 Å². The molecule has 4 aliphatic carbocycles. The number of ketones is 1. The Morgan fingerprint density at radius 2 is 1.81 bits per heavy atom. The van der Waals surface area contributed by atoms with E-state index in [0.29, 0.717) is 42.0 Å². The number of aliphatic carboxylic acids is 1. The molecule has 0 heterocycles. The number of carbonyl (C=O) groups excluding carboxylic acids is 1. The van der Waals surface area contributed by atoms with Crippen LogP contribution in [0.2, 0.25) is 0 Å². The Bertz CT molecular complexity index is 973. The first-order valence-corrected chi connectivity index (χ1v) is 12.5. The summed E-state index contributed by atoms with van der Waals surface area (Å²) in [7, 11) is 0. The Labute approximate surface area is 192 Å². The first-order valence-electron chi connectivity index (χ1n) is 12.5. The Morgan fingerprint density at radius 3 is 2.56 bits per heavy atom. The van der Waals surface area contributed by atoms with Gasteiger partial charge in [-0.15, -0.1) is 0 Å². The van der Waals surface area contributed by atoms with Gasteiger partial charge in [-0.25, -0.2) is 4.79 Å². The number of carboxylic acids is 1. The van der Waals surface area contributed by atoms with Crippen LogP contribution in [-0.2, 0) is 16.0 Å². The van der Waals surface area contributed by atoms with Crippen LogP contribution in [-0.4, -0.2) is 16.9 Å². The number of carbonyl (C=O) groups is 2. The zero-order chi connectivity index (χ0) is 22.5. The second kappa shape index (κ2) is 8.01. The molecule has 5 rings (SSSR count). The molecule has 4 aliphatic rings. The molecule has 3 nitrogen and oxygen atoms in total. The van der Waals surface area contributed by atoms with E-state index >= 15 is 0 Å². The lowest BCUT2D eigenvalue weighted by molar-refractivity contribution is -0.133. The molecule has 32 heavy (non-hydrogen) atoms. The van der Waals surface area contributed by atoms with Crippen LogP contribution in [0, 0.1) is 34.5 Å². The Morgan fingerprint density at radius 1 is 1.03 bits per heavy atom. The normalized spacial score (nSPS) is 38.1. The summed E-state index contributed by atoms with van der Waals surface area (Å²) in [5, 5.41) is 9.47. The molecule has 0 amide bonds. The predicted octanol–water partition coefficient (Wildman–Crippen LogP) is 6.39. The van der Waals surface area contributed by atoms with Crippen molar-refractivity contribution in [1.82, 2.24) is 0 Å². The van der Waals surface area contributed by atoms with E-state index in [1.54, 1.807) is 0 Å². The van der Waals surface area contributed by atoms with E-state index in [-0.39, 0.29) is 16.7 Å². The number of allylic oxidation sites excluding steroid dienone is 3. The van der Waals surface area contributed by atoms with Crippen LogP contribution >= 0.6 is 0 Å². The molecule has 1 N–H and O–H groups in total. The topological polar surface area (TPSA) is 54.4 Å². The summed E-state index contributed by atoms with van der Waals surface area (Å²) in [5.41, 5.74) is 3.32. The van der Waals surface area contributed by atoms with E-state index < -0.39 is 5.97 Å². The van der Waals surface area contributed by atoms with Crippen molar-refractivity contribution in [3.8, 4) is 0 Å². The van der Waals surface area contributed by atoms with Gasteiger partial charge >= 0.3 is 5.97 Å². The number of hydrogen-bond donors (Lipinski definition) is 1. The minimum atomic E-state index is -0.765. The number of carboxylic acid groups (broad SMARTS) is 1. The first kappa shape index (κ1) is 21.7. The average molecular weight is 433 g/mol. The fraction of sp³-hybridized carbons (Fsp3) is 0.586. The van der Waals surface area contributed by atoms with E-state index in [0.717, 1.165) is 32.1 Å². The number of rotatable bonds is 5. The van der Waals surface area contributed by atoms with Crippen molar-refractivity contribution in [2.24, 2.45) is 34.5 Å². The SMILES string of the molecule is C[C@]12CCC(C(=O)O)=CC1=CC[C@@H]1[C@@H]2CC[C@]2(C)C(C(=O)CCc3ccccc3)CC[C@@H]12. The number of benzene rings is 1. The number of Topliss-reactive ketones (excluding diaryl/α,β-unsaturated/α-hetero) is 1. The second-order valence-electron chi connectivity index (χ2n) is 11.3. The predicted molar refractivity (Wildman–Crippen MR) is 126 cm³/mol. The van der Waals surface area contributed by atoms with Crippen LogP contribution in [0.15, 0.2) is 53.6 Å². The fourth-order valence-corrected chi connectivity index (χ4v) is 8.11. The zero-order valence-electron chi connectivity index (χ0n) is 19.5. The molecule has 0 saturated heterocycles. The highest BCUT2D eigenvalue weighted by molar-refractivity contribution is 5.87. The molecule has 0 bridgehead atoms. The van der Waals surface area contributed by atoms with Crippen LogP contribution in [0.5, 0.6) is 0 Å². The average Bonchev–Trinajstić information content (AvgIpc) is 3.15. The summed E-state index contributed by atoms with van der Waals surface area (Å²) in [6.07, 6.45) is 13.0. The molecule has 1 aromatic carbocycles. The van der Waals surface area contributed by atoms with E-state index in [9.17, 15) is 14.7 Å². The lowest BCUT2D eigenvalue weighted by atomic mass is 9.47. The maximum Gasteiger partial charge on any atom is 0.331 e. The van der Waals surface area contributed by atoms with Crippen molar-refractivity contribution in [3.63, 3.8) is 0 Å². The van der Waals surface area contributed by atoms with Crippen molar-refractivity contribution < 1.29 is 14.7 Å². The van der Waals surface area contributed by atoms with Gasteiger partial charge < -0.3 is 5.11 Å². The molecule has 0 aromatic heterocycles. The largest absolute Gasteiger partial charge is 0.478 e. The standard InChI is InChI=1S/C29H36O3/c1-28-16-14-20(27(31)32)18-21(28)9-10-22-23-11-12-25(29(23,2)17-15-24(22)28)26(30)13-8-19-6-4-3-5-7-19/h3-7,9,18,22-25H,8,10-17H2,1-2H3,(H,31,32)/t22-,23-,24-,25?,28-,29-/m0/s1. The molecule has 6 atom stereocenters. The van der Waals surface area contributed by atoms with Gasteiger partial charge in [-0.2, -0.15) is 0 Å². The molecule has 2 saturated carbocycles. The molecule has 1 unspecified atom stereocenters. The smallest absolute Gasteiger partial charge is 0.331 e. The first-order chi connectivity index (χ1) is 15.3. The second-order valence-corrected chi connectivity index (χ2v) is 11.3. The van der Waals surface area contributed by atoms with E-state index in [1.165, 1.54) is 24.0 Å². The van der Waals surface area contributed by atoms with Crippen molar-refractivity contribution in [2.45, 2.75) is 71.6 Å². The summed E-state index contributed by atoms with van der Waals surface area (Å²) in [5.74, 6) is 1.78. The Hall–Kier alpha value is -2.16.